The van der Waals surface area contributed by atoms with Crippen LogP contribution in [-0.4, -0.2) is 80.1 Å². The Kier molecular flexibility index (Phi) is 13.0. The van der Waals surface area contributed by atoms with E-state index in [1.54, 1.807) is 14.2 Å². The van der Waals surface area contributed by atoms with E-state index in [4.69, 9.17) is 24.1 Å². The first-order chi connectivity index (χ1) is 19.3. The van der Waals surface area contributed by atoms with Crippen molar-refractivity contribution in [2.45, 2.75) is 52.0 Å². The predicted octanol–water partition coefficient (Wildman–Crippen LogP) is 5.18. The number of halogens is 3. The molecule has 0 radical (unpaired) electrons. The molecule has 3 rings (SSSR count). The van der Waals surface area contributed by atoms with Crippen LogP contribution in [0.3, 0.4) is 0 Å². The molecule has 1 aliphatic rings. The Morgan fingerprint density at radius 2 is 1.54 bits per heavy atom. The third-order valence-electron chi connectivity index (χ3n) is 6.35. The van der Waals surface area contributed by atoms with Crippen LogP contribution in [0.2, 0.25) is 0 Å². The van der Waals surface area contributed by atoms with Crippen molar-refractivity contribution in [3.63, 3.8) is 0 Å². The maximum atomic E-state index is 13.4. The highest BCUT2D eigenvalue weighted by molar-refractivity contribution is 5.74. The molecule has 1 heterocycles. The molecule has 0 aliphatic carbocycles. The molecule has 2 aromatic rings. The van der Waals surface area contributed by atoms with Gasteiger partial charge in [0.2, 0.25) is 0 Å². The van der Waals surface area contributed by atoms with Crippen LogP contribution >= 0.6 is 0 Å². The maximum absolute atomic E-state index is 13.4. The number of likely N-dealkylation sites (tertiary alicyclic amines) is 1. The van der Waals surface area contributed by atoms with Crippen LogP contribution in [0.4, 0.5) is 18.0 Å². The molecule has 0 atom stereocenters. The molecule has 41 heavy (non-hydrogen) atoms. The summed E-state index contributed by atoms with van der Waals surface area (Å²) >= 11 is 0. The van der Waals surface area contributed by atoms with E-state index in [9.17, 15) is 18.0 Å². The van der Waals surface area contributed by atoms with Gasteiger partial charge in [-0.3, -0.25) is 0 Å². The Hall–Kier alpha value is -3.67. The van der Waals surface area contributed by atoms with E-state index in [0.29, 0.717) is 25.6 Å². The van der Waals surface area contributed by atoms with Gasteiger partial charge in [-0.15, -0.1) is 0 Å². The molecule has 9 nitrogen and oxygen atoms in total. The third-order valence-corrected chi connectivity index (χ3v) is 6.35. The van der Waals surface area contributed by atoms with Crippen molar-refractivity contribution >= 4 is 12.0 Å². The number of nitrogens with zero attached hydrogens (tertiary/aromatic N) is 2. The Bertz CT molecular complexity index is 1080. The van der Waals surface area contributed by atoms with E-state index in [1.165, 1.54) is 0 Å². The monoisotopic (exact) mass is 583 g/mol. The van der Waals surface area contributed by atoms with Gasteiger partial charge in [0.05, 0.1) is 20.8 Å². The summed E-state index contributed by atoms with van der Waals surface area (Å²) in [5, 5.41) is 10.2. The molecule has 0 unspecified atom stereocenters. The van der Waals surface area contributed by atoms with Crippen molar-refractivity contribution in [3.05, 3.63) is 53.6 Å². The zero-order valence-corrected chi connectivity index (χ0v) is 24.2. The summed E-state index contributed by atoms with van der Waals surface area (Å²) in [5.74, 6) is 0.0148. The molecule has 1 aliphatic heterocycles. The molecule has 2 aromatic carbocycles. The molecule has 1 saturated heterocycles. The highest BCUT2D eigenvalue weighted by Gasteiger charge is 2.38. The normalized spacial score (nSPS) is 14.1. The highest BCUT2D eigenvalue weighted by atomic mass is 19.4. The summed E-state index contributed by atoms with van der Waals surface area (Å²) < 4.78 is 48.4. The SMILES string of the molecule is COc1cc(CN(C(=O)NCc2ccc(OCC(C)C)cc2)C2CCN(C)CC2)cc(OC)c1.O=C(O)C(F)(F)F. The van der Waals surface area contributed by atoms with Crippen molar-refractivity contribution in [2.24, 2.45) is 5.92 Å². The molecule has 0 bridgehead atoms. The molecular formula is C29H40F3N3O6. The van der Waals surface area contributed by atoms with E-state index >= 15 is 0 Å². The summed E-state index contributed by atoms with van der Waals surface area (Å²) in [6, 6.07) is 13.8. The number of hydrogen-bond acceptors (Lipinski definition) is 6. The lowest BCUT2D eigenvalue weighted by atomic mass is 10.0. The molecule has 1 fully saturated rings. The second-order valence-electron chi connectivity index (χ2n) is 10.2. The topological polar surface area (TPSA) is 101 Å². The van der Waals surface area contributed by atoms with Gasteiger partial charge >= 0.3 is 18.2 Å². The molecule has 228 valence electrons. The fraction of sp³-hybridized carbons (Fsp3) is 0.517. The number of carbonyl (C=O) groups is 2. The van der Waals surface area contributed by atoms with Gasteiger partial charge in [0, 0.05) is 25.2 Å². The number of benzene rings is 2. The molecule has 2 amide bonds. The zero-order valence-electron chi connectivity index (χ0n) is 24.2. The fourth-order valence-electron chi connectivity index (χ4n) is 4.07. The molecule has 0 saturated carbocycles. The van der Waals surface area contributed by atoms with Crippen molar-refractivity contribution in [3.8, 4) is 17.2 Å². The largest absolute Gasteiger partial charge is 0.497 e. The van der Waals surface area contributed by atoms with E-state index < -0.39 is 12.1 Å². The van der Waals surface area contributed by atoms with Crippen LogP contribution in [0, 0.1) is 5.92 Å². The third kappa shape index (κ3) is 11.8. The number of alkyl halides is 3. The number of rotatable bonds is 10. The smallest absolute Gasteiger partial charge is 0.490 e. The lowest BCUT2D eigenvalue weighted by molar-refractivity contribution is -0.192. The van der Waals surface area contributed by atoms with E-state index in [1.807, 2.05) is 47.4 Å². The van der Waals surface area contributed by atoms with Crippen LogP contribution in [-0.2, 0) is 17.9 Å². The quantitative estimate of drug-likeness (QED) is 0.398. The summed E-state index contributed by atoms with van der Waals surface area (Å²) in [6.45, 7) is 7.87. The average molecular weight is 584 g/mol. The first kappa shape index (κ1) is 33.5. The van der Waals surface area contributed by atoms with Gasteiger partial charge in [0.15, 0.2) is 0 Å². The number of hydrogen-bond donors (Lipinski definition) is 2. The number of ether oxygens (including phenoxy) is 3. The Balaban J connectivity index is 0.000000745. The van der Waals surface area contributed by atoms with Crippen LogP contribution in [0.15, 0.2) is 42.5 Å². The summed E-state index contributed by atoms with van der Waals surface area (Å²) in [5.41, 5.74) is 2.02. The Morgan fingerprint density at radius 3 is 2.00 bits per heavy atom. The fourth-order valence-corrected chi connectivity index (χ4v) is 4.07. The van der Waals surface area contributed by atoms with Crippen molar-refractivity contribution in [1.29, 1.82) is 0 Å². The number of methoxy groups -OCH3 is 2. The summed E-state index contributed by atoms with van der Waals surface area (Å²) in [4.78, 5) is 26.5. The maximum Gasteiger partial charge on any atom is 0.490 e. The zero-order chi connectivity index (χ0) is 30.6. The van der Waals surface area contributed by atoms with Crippen LogP contribution in [0.5, 0.6) is 17.2 Å². The number of amides is 2. The van der Waals surface area contributed by atoms with Crippen molar-refractivity contribution in [1.82, 2.24) is 15.1 Å². The van der Waals surface area contributed by atoms with Gasteiger partial charge in [0.1, 0.15) is 17.2 Å². The van der Waals surface area contributed by atoms with Gasteiger partial charge in [-0.1, -0.05) is 26.0 Å². The number of nitrogens with one attached hydrogen (secondary N) is 1. The number of carboxylic acids is 1. The number of urea groups is 1. The minimum atomic E-state index is -5.08. The van der Waals surface area contributed by atoms with E-state index in [2.05, 4.69) is 31.1 Å². The van der Waals surface area contributed by atoms with E-state index in [-0.39, 0.29) is 12.1 Å². The van der Waals surface area contributed by atoms with Crippen molar-refractivity contribution in [2.75, 3.05) is 41.0 Å². The van der Waals surface area contributed by atoms with Gasteiger partial charge in [0.25, 0.3) is 0 Å². The Labute approximate surface area is 239 Å². The standard InChI is InChI=1S/C27H39N3O4.C2HF3O2/c1-20(2)19-34-24-8-6-21(7-9-24)17-28-27(31)30(23-10-12-29(3)13-11-23)18-22-14-25(32-4)16-26(15-22)33-5;3-2(4,5)1(6)7/h6-9,14-16,20,23H,10-13,17-19H2,1-5H3,(H,28,31);(H,6,7). The van der Waals surface area contributed by atoms with Gasteiger partial charge in [-0.25, -0.2) is 9.59 Å². The molecule has 12 heteroatoms. The number of aliphatic carboxylic acids is 1. The number of carbonyl (C=O) groups excluding carboxylic acids is 1. The van der Waals surface area contributed by atoms with Gasteiger partial charge < -0.3 is 34.4 Å². The van der Waals surface area contributed by atoms with E-state index in [0.717, 1.165) is 54.3 Å². The first-order valence-electron chi connectivity index (χ1n) is 13.3. The predicted molar refractivity (Wildman–Crippen MR) is 148 cm³/mol. The second kappa shape index (κ2) is 15.9. The first-order valence-corrected chi connectivity index (χ1v) is 13.3. The lowest BCUT2D eigenvalue weighted by Gasteiger charge is -2.37. The molecule has 0 aromatic heterocycles. The highest BCUT2D eigenvalue weighted by Crippen LogP contribution is 2.26. The molecule has 0 spiro atoms. The van der Waals surface area contributed by atoms with Crippen LogP contribution in [0.25, 0.3) is 0 Å². The minimum absolute atomic E-state index is 0.0588. The Morgan fingerprint density at radius 1 is 1.00 bits per heavy atom. The van der Waals surface area contributed by atoms with Crippen LogP contribution < -0.4 is 19.5 Å². The molecule has 2 N–H and O–H groups in total. The average Bonchev–Trinajstić information content (AvgIpc) is 2.94. The van der Waals surface area contributed by atoms with Crippen molar-refractivity contribution < 1.29 is 42.1 Å². The van der Waals surface area contributed by atoms with Gasteiger partial charge in [-0.2, -0.15) is 13.2 Å². The summed E-state index contributed by atoms with van der Waals surface area (Å²) in [7, 11) is 5.40. The second-order valence-corrected chi connectivity index (χ2v) is 10.2. The van der Waals surface area contributed by atoms with Crippen LogP contribution in [0.1, 0.15) is 37.8 Å². The number of piperidine rings is 1. The van der Waals surface area contributed by atoms with Gasteiger partial charge in [-0.05, 0) is 74.3 Å². The lowest BCUT2D eigenvalue weighted by Crippen LogP contribution is -2.49. The molecular weight excluding hydrogens is 543 g/mol. The minimum Gasteiger partial charge on any atom is -0.497 e. The summed E-state index contributed by atoms with van der Waals surface area (Å²) in [6.07, 6.45) is -3.18. The number of carboxylic acid groups (broad SMARTS) is 1.